The van der Waals surface area contributed by atoms with Gasteiger partial charge in [-0.05, 0) is 30.5 Å². The molecule has 2 rings (SSSR count). The molecule has 15 heavy (non-hydrogen) atoms. The largest absolute Gasteiger partial charge is 0.393 e. The highest BCUT2D eigenvalue weighted by atomic mass is 16.6. The van der Waals surface area contributed by atoms with Crippen molar-refractivity contribution in [2.45, 2.75) is 26.2 Å². The van der Waals surface area contributed by atoms with Crippen LogP contribution in [0.15, 0.2) is 18.2 Å². The Morgan fingerprint density at radius 1 is 1.27 bits per heavy atom. The summed E-state index contributed by atoms with van der Waals surface area (Å²) in [5.41, 5.74) is 3.10. The number of rotatable bonds is 1. The highest BCUT2D eigenvalue weighted by molar-refractivity contribution is 5.98. The molecule has 0 spiro atoms. The highest BCUT2D eigenvalue weighted by Gasteiger charge is 2.35. The predicted molar refractivity (Wildman–Crippen MR) is 54.4 cm³/mol. The molecule has 3 heteroatoms. The fourth-order valence-electron chi connectivity index (χ4n) is 1.86. The fraction of sp³-hybridized carbons (Fsp3) is 0.333. The molecule has 1 aromatic carbocycles. The highest BCUT2D eigenvalue weighted by Crippen LogP contribution is 2.30. The summed E-state index contributed by atoms with van der Waals surface area (Å²) in [4.78, 5) is 22.4. The van der Waals surface area contributed by atoms with Crippen molar-refractivity contribution in [1.82, 2.24) is 0 Å². The van der Waals surface area contributed by atoms with Crippen LogP contribution in [0.1, 0.15) is 29.0 Å². The zero-order valence-corrected chi connectivity index (χ0v) is 8.74. The third-order valence-electron chi connectivity index (χ3n) is 2.89. The van der Waals surface area contributed by atoms with Crippen molar-refractivity contribution in [1.29, 1.82) is 0 Å². The molecule has 0 N–H and O–H groups in total. The Bertz CT molecular complexity index is 434. The van der Waals surface area contributed by atoms with E-state index in [1.807, 2.05) is 32.0 Å². The van der Waals surface area contributed by atoms with Crippen molar-refractivity contribution in [2.24, 2.45) is 0 Å². The molecular weight excluding hydrogens is 192 g/mol. The molecule has 1 saturated heterocycles. The number of cyclic esters (lactones) is 2. The van der Waals surface area contributed by atoms with Gasteiger partial charge in [0.05, 0.1) is 12.3 Å². The standard InChI is InChI=1S/C12H12O3/c1-7-4-3-5-9(8(7)2)10-6-11(13)15-12(10)14/h3-5,10H,6H2,1-2H3. The molecule has 0 aromatic heterocycles. The number of carbonyl (C=O) groups excluding carboxylic acids is 2. The van der Waals surface area contributed by atoms with Gasteiger partial charge in [0, 0.05) is 0 Å². The average Bonchev–Trinajstić information content (AvgIpc) is 2.50. The molecule has 0 aliphatic carbocycles. The predicted octanol–water partition coefficient (Wildman–Crippen LogP) is 1.86. The Kier molecular flexibility index (Phi) is 2.31. The Morgan fingerprint density at radius 2 is 2.00 bits per heavy atom. The smallest absolute Gasteiger partial charge is 0.321 e. The first-order valence-corrected chi connectivity index (χ1v) is 4.90. The molecule has 3 nitrogen and oxygen atoms in total. The topological polar surface area (TPSA) is 43.4 Å². The maximum Gasteiger partial charge on any atom is 0.321 e. The average molecular weight is 204 g/mol. The Morgan fingerprint density at radius 3 is 2.60 bits per heavy atom. The van der Waals surface area contributed by atoms with Crippen molar-refractivity contribution in [3.05, 3.63) is 34.9 Å². The van der Waals surface area contributed by atoms with Crippen molar-refractivity contribution >= 4 is 11.9 Å². The lowest BCUT2D eigenvalue weighted by atomic mass is 9.91. The first-order valence-electron chi connectivity index (χ1n) is 4.90. The summed E-state index contributed by atoms with van der Waals surface area (Å²) in [6, 6.07) is 5.77. The zero-order chi connectivity index (χ0) is 11.0. The first kappa shape index (κ1) is 9.90. The monoisotopic (exact) mass is 204 g/mol. The van der Waals surface area contributed by atoms with E-state index >= 15 is 0 Å². The van der Waals surface area contributed by atoms with Gasteiger partial charge in [-0.1, -0.05) is 18.2 Å². The van der Waals surface area contributed by atoms with Gasteiger partial charge in [-0.3, -0.25) is 9.59 Å². The van der Waals surface area contributed by atoms with Crippen molar-refractivity contribution in [3.8, 4) is 0 Å². The van der Waals surface area contributed by atoms with E-state index in [0.29, 0.717) is 0 Å². The molecule has 1 atom stereocenters. The summed E-state index contributed by atoms with van der Waals surface area (Å²) in [6.07, 6.45) is 0.170. The number of hydrogen-bond donors (Lipinski definition) is 0. The molecule has 1 fully saturated rings. The molecule has 0 radical (unpaired) electrons. The van der Waals surface area contributed by atoms with Crippen LogP contribution in [-0.2, 0) is 14.3 Å². The number of carbonyl (C=O) groups is 2. The number of benzene rings is 1. The summed E-state index contributed by atoms with van der Waals surface area (Å²) >= 11 is 0. The second-order valence-corrected chi connectivity index (χ2v) is 3.84. The van der Waals surface area contributed by atoms with Crippen LogP contribution in [0.3, 0.4) is 0 Å². The van der Waals surface area contributed by atoms with E-state index in [1.165, 1.54) is 0 Å². The van der Waals surface area contributed by atoms with Crippen molar-refractivity contribution in [3.63, 3.8) is 0 Å². The van der Waals surface area contributed by atoms with Gasteiger partial charge in [0.1, 0.15) is 0 Å². The SMILES string of the molecule is Cc1cccc(C2CC(=O)OC2=O)c1C. The molecule has 1 unspecified atom stereocenters. The van der Waals surface area contributed by atoms with Gasteiger partial charge in [0.25, 0.3) is 0 Å². The Hall–Kier alpha value is -1.64. The van der Waals surface area contributed by atoms with Crippen LogP contribution in [-0.4, -0.2) is 11.9 Å². The van der Waals surface area contributed by atoms with Gasteiger partial charge in [-0.15, -0.1) is 0 Å². The van der Waals surface area contributed by atoms with E-state index < -0.39 is 17.9 Å². The Balaban J connectivity index is 2.42. The third-order valence-corrected chi connectivity index (χ3v) is 2.89. The molecule has 1 aliphatic heterocycles. The minimum atomic E-state index is -0.425. The second kappa shape index (κ2) is 3.50. The molecule has 78 valence electrons. The zero-order valence-electron chi connectivity index (χ0n) is 8.74. The molecular formula is C12H12O3. The lowest BCUT2D eigenvalue weighted by Crippen LogP contribution is -2.07. The van der Waals surface area contributed by atoms with Crippen molar-refractivity contribution in [2.75, 3.05) is 0 Å². The van der Waals surface area contributed by atoms with Crippen LogP contribution in [0, 0.1) is 13.8 Å². The van der Waals surface area contributed by atoms with Gasteiger partial charge in [-0.2, -0.15) is 0 Å². The number of aryl methyl sites for hydroxylation is 1. The van der Waals surface area contributed by atoms with E-state index in [9.17, 15) is 9.59 Å². The summed E-state index contributed by atoms with van der Waals surface area (Å²) in [5.74, 6) is -1.25. The molecule has 0 amide bonds. The quantitative estimate of drug-likeness (QED) is 0.518. The van der Waals surface area contributed by atoms with Gasteiger partial charge in [0.15, 0.2) is 0 Å². The fourth-order valence-corrected chi connectivity index (χ4v) is 1.86. The first-order chi connectivity index (χ1) is 7.09. The molecule has 0 bridgehead atoms. The minimum Gasteiger partial charge on any atom is -0.393 e. The summed E-state index contributed by atoms with van der Waals surface area (Å²) in [5, 5.41) is 0. The second-order valence-electron chi connectivity index (χ2n) is 3.84. The van der Waals surface area contributed by atoms with Gasteiger partial charge < -0.3 is 4.74 Å². The minimum absolute atomic E-state index is 0.170. The van der Waals surface area contributed by atoms with E-state index in [0.717, 1.165) is 16.7 Å². The number of ether oxygens (including phenoxy) is 1. The summed E-state index contributed by atoms with van der Waals surface area (Å²) in [6.45, 7) is 3.95. The maximum atomic E-state index is 11.4. The molecule has 0 saturated carbocycles. The maximum absolute atomic E-state index is 11.4. The van der Waals surface area contributed by atoms with Crippen LogP contribution >= 0.6 is 0 Å². The summed E-state index contributed by atoms with van der Waals surface area (Å²) < 4.78 is 4.55. The van der Waals surface area contributed by atoms with E-state index in [1.54, 1.807) is 0 Å². The van der Waals surface area contributed by atoms with Gasteiger partial charge in [0.2, 0.25) is 0 Å². The van der Waals surface area contributed by atoms with Crippen LogP contribution in [0.4, 0.5) is 0 Å². The lowest BCUT2D eigenvalue weighted by Gasteiger charge is -2.10. The molecule has 1 aromatic rings. The number of esters is 2. The van der Waals surface area contributed by atoms with E-state index in [-0.39, 0.29) is 6.42 Å². The van der Waals surface area contributed by atoms with Gasteiger partial charge in [-0.25, -0.2) is 0 Å². The van der Waals surface area contributed by atoms with Crippen molar-refractivity contribution < 1.29 is 14.3 Å². The molecule has 1 aliphatic rings. The van der Waals surface area contributed by atoms with Crippen LogP contribution in [0.25, 0.3) is 0 Å². The van der Waals surface area contributed by atoms with Crippen LogP contribution in [0.2, 0.25) is 0 Å². The third kappa shape index (κ3) is 1.65. The Labute approximate surface area is 88.1 Å². The van der Waals surface area contributed by atoms with E-state index in [4.69, 9.17) is 0 Å². The van der Waals surface area contributed by atoms with Crippen LogP contribution in [0.5, 0.6) is 0 Å². The summed E-state index contributed by atoms with van der Waals surface area (Å²) in [7, 11) is 0. The van der Waals surface area contributed by atoms with Gasteiger partial charge >= 0.3 is 11.9 Å². The van der Waals surface area contributed by atoms with E-state index in [2.05, 4.69) is 4.74 Å². The lowest BCUT2D eigenvalue weighted by molar-refractivity contribution is -0.152. The van der Waals surface area contributed by atoms with Crippen LogP contribution < -0.4 is 0 Å². The molecule has 1 heterocycles. The number of hydrogen-bond acceptors (Lipinski definition) is 3. The normalized spacial score (nSPS) is 20.5.